The van der Waals surface area contributed by atoms with Gasteiger partial charge in [-0.15, -0.1) is 0 Å². The van der Waals surface area contributed by atoms with E-state index >= 15 is 0 Å². The summed E-state index contributed by atoms with van der Waals surface area (Å²) in [4.78, 5) is 11.2. The van der Waals surface area contributed by atoms with Crippen LogP contribution in [0.1, 0.15) is 77.5 Å². The standard InChI is InChI=1S/C35H48N2O4/c1-34(2,3)15-17-36-29-11-7-9-27(19-29)24-40-31-21-26(13-14-33(38)39)22-32(23-31)41-25-28-10-8-12-30(20-28)37-18-16-35(4,5)6/h7-12,19-23,36-37H,13-18,24-25H2,1-6H3,(H,38,39). The number of rotatable bonds is 15. The molecule has 0 unspecified atom stereocenters. The number of carboxylic acids is 1. The van der Waals surface area contributed by atoms with Crippen molar-refractivity contribution in [3.8, 4) is 11.5 Å². The van der Waals surface area contributed by atoms with Crippen molar-refractivity contribution in [2.75, 3.05) is 23.7 Å². The van der Waals surface area contributed by atoms with E-state index in [1.807, 2.05) is 42.5 Å². The van der Waals surface area contributed by atoms with Gasteiger partial charge in [-0.25, -0.2) is 0 Å². The molecule has 0 atom stereocenters. The second kappa shape index (κ2) is 14.8. The van der Waals surface area contributed by atoms with Gasteiger partial charge in [0.1, 0.15) is 24.7 Å². The maximum Gasteiger partial charge on any atom is 0.303 e. The van der Waals surface area contributed by atoms with Gasteiger partial charge in [0, 0.05) is 37.0 Å². The number of benzene rings is 3. The zero-order valence-corrected chi connectivity index (χ0v) is 25.7. The van der Waals surface area contributed by atoms with Gasteiger partial charge in [-0.2, -0.15) is 0 Å². The van der Waals surface area contributed by atoms with Gasteiger partial charge in [-0.05, 0) is 83.2 Å². The third kappa shape index (κ3) is 13.0. The van der Waals surface area contributed by atoms with Gasteiger partial charge >= 0.3 is 5.97 Å². The summed E-state index contributed by atoms with van der Waals surface area (Å²) in [5.74, 6) is 0.489. The van der Waals surface area contributed by atoms with Crippen molar-refractivity contribution >= 4 is 17.3 Å². The lowest BCUT2D eigenvalue weighted by Crippen LogP contribution is -2.12. The summed E-state index contributed by atoms with van der Waals surface area (Å²) < 4.78 is 12.3. The molecular formula is C35H48N2O4. The van der Waals surface area contributed by atoms with E-state index in [1.165, 1.54) is 0 Å². The van der Waals surface area contributed by atoms with E-state index in [4.69, 9.17) is 9.47 Å². The molecule has 0 aliphatic carbocycles. The molecule has 41 heavy (non-hydrogen) atoms. The van der Waals surface area contributed by atoms with E-state index in [0.29, 0.717) is 31.1 Å². The van der Waals surface area contributed by atoms with Crippen LogP contribution in [0.4, 0.5) is 11.4 Å². The molecule has 0 amide bonds. The van der Waals surface area contributed by atoms with Gasteiger partial charge in [0.25, 0.3) is 0 Å². The maximum absolute atomic E-state index is 11.2. The van der Waals surface area contributed by atoms with Gasteiger partial charge in [0.05, 0.1) is 0 Å². The van der Waals surface area contributed by atoms with Crippen molar-refractivity contribution in [1.29, 1.82) is 0 Å². The minimum absolute atomic E-state index is 0.0491. The molecule has 3 aromatic carbocycles. The molecule has 0 aliphatic heterocycles. The maximum atomic E-state index is 11.2. The van der Waals surface area contributed by atoms with E-state index in [9.17, 15) is 9.90 Å². The average molecular weight is 561 g/mol. The number of aliphatic carboxylic acids is 1. The van der Waals surface area contributed by atoms with Crippen LogP contribution in [0, 0.1) is 10.8 Å². The largest absolute Gasteiger partial charge is 0.489 e. The second-order valence-electron chi connectivity index (χ2n) is 13.2. The molecule has 6 heteroatoms. The van der Waals surface area contributed by atoms with Crippen molar-refractivity contribution in [2.24, 2.45) is 10.8 Å². The summed E-state index contributed by atoms with van der Waals surface area (Å²) >= 11 is 0. The first-order valence-corrected chi connectivity index (χ1v) is 14.6. The van der Waals surface area contributed by atoms with Gasteiger partial charge in [-0.3, -0.25) is 4.79 Å². The number of carbonyl (C=O) groups is 1. The van der Waals surface area contributed by atoms with Crippen LogP contribution in [0.3, 0.4) is 0 Å². The highest BCUT2D eigenvalue weighted by Gasteiger charge is 2.11. The van der Waals surface area contributed by atoms with Crippen molar-refractivity contribution < 1.29 is 19.4 Å². The zero-order valence-electron chi connectivity index (χ0n) is 25.7. The minimum Gasteiger partial charge on any atom is -0.489 e. The SMILES string of the molecule is CC(C)(C)CCNc1cccc(COc2cc(CCC(=O)O)cc(OCc3cccc(NCCC(C)(C)C)c3)c2)c1. The molecule has 0 aromatic heterocycles. The fraction of sp³-hybridized carbons (Fsp3) is 0.457. The molecule has 3 aromatic rings. The molecule has 0 heterocycles. The molecule has 0 radical (unpaired) electrons. The molecule has 3 rings (SSSR count). The number of anilines is 2. The molecule has 3 N–H and O–H groups in total. The number of carboxylic acid groups (broad SMARTS) is 1. The van der Waals surface area contributed by atoms with Crippen LogP contribution < -0.4 is 20.1 Å². The van der Waals surface area contributed by atoms with Crippen LogP contribution in [0.15, 0.2) is 66.7 Å². The first kappa shape index (κ1) is 31.9. The Labute approximate surface area is 246 Å². The molecule has 0 saturated heterocycles. The molecule has 0 fully saturated rings. The quantitative estimate of drug-likeness (QED) is 0.173. The van der Waals surface area contributed by atoms with Gasteiger partial charge in [0.2, 0.25) is 0 Å². The lowest BCUT2D eigenvalue weighted by Gasteiger charge is -2.19. The first-order valence-electron chi connectivity index (χ1n) is 14.6. The van der Waals surface area contributed by atoms with Crippen molar-refractivity contribution in [2.45, 2.75) is 80.4 Å². The first-order chi connectivity index (χ1) is 19.3. The fourth-order valence-corrected chi connectivity index (χ4v) is 4.23. The minimum atomic E-state index is -0.828. The van der Waals surface area contributed by atoms with Crippen molar-refractivity contribution in [1.82, 2.24) is 0 Å². The summed E-state index contributed by atoms with van der Waals surface area (Å²) in [6, 6.07) is 22.2. The molecule has 0 spiro atoms. The Morgan fingerprint density at radius 1 is 0.683 bits per heavy atom. The van der Waals surface area contributed by atoms with Crippen LogP contribution >= 0.6 is 0 Å². The van der Waals surface area contributed by atoms with E-state index in [0.717, 1.165) is 54.0 Å². The van der Waals surface area contributed by atoms with E-state index in [2.05, 4.69) is 76.4 Å². The Bertz CT molecular complexity index is 1170. The monoisotopic (exact) mass is 560 g/mol. The van der Waals surface area contributed by atoms with Crippen molar-refractivity contribution in [3.63, 3.8) is 0 Å². The van der Waals surface area contributed by atoms with Crippen molar-refractivity contribution in [3.05, 3.63) is 83.4 Å². The molecular weight excluding hydrogens is 512 g/mol. The number of nitrogens with one attached hydrogen (secondary N) is 2. The molecule has 0 aliphatic rings. The molecule has 0 bridgehead atoms. The summed E-state index contributed by atoms with van der Waals surface area (Å²) in [5, 5.41) is 16.2. The zero-order chi connectivity index (χ0) is 29.9. The predicted molar refractivity (Wildman–Crippen MR) is 169 cm³/mol. The van der Waals surface area contributed by atoms with E-state index < -0.39 is 5.97 Å². The number of ether oxygens (including phenoxy) is 2. The number of aryl methyl sites for hydroxylation is 1. The summed E-state index contributed by atoms with van der Waals surface area (Å²) in [7, 11) is 0. The van der Waals surface area contributed by atoms with Crippen LogP contribution in [-0.4, -0.2) is 24.2 Å². The van der Waals surface area contributed by atoms with Gasteiger partial charge in [0.15, 0.2) is 0 Å². The second-order valence-corrected chi connectivity index (χ2v) is 13.2. The van der Waals surface area contributed by atoms with Crippen LogP contribution in [0.2, 0.25) is 0 Å². The Balaban J connectivity index is 1.64. The predicted octanol–water partition coefficient (Wildman–Crippen LogP) is 8.56. The smallest absolute Gasteiger partial charge is 0.303 e. The van der Waals surface area contributed by atoms with E-state index in [-0.39, 0.29) is 17.3 Å². The Morgan fingerprint density at radius 3 is 1.56 bits per heavy atom. The Morgan fingerprint density at radius 2 is 1.15 bits per heavy atom. The van der Waals surface area contributed by atoms with Crippen LogP contribution in [-0.2, 0) is 24.4 Å². The molecule has 0 saturated carbocycles. The number of hydrogen-bond acceptors (Lipinski definition) is 5. The Hall–Kier alpha value is -3.67. The van der Waals surface area contributed by atoms with Gasteiger partial charge in [-0.1, -0.05) is 65.8 Å². The highest BCUT2D eigenvalue weighted by Crippen LogP contribution is 2.27. The van der Waals surface area contributed by atoms with Gasteiger partial charge < -0.3 is 25.2 Å². The summed E-state index contributed by atoms with van der Waals surface area (Å²) in [6.07, 6.45) is 2.62. The highest BCUT2D eigenvalue weighted by molar-refractivity contribution is 5.67. The van der Waals surface area contributed by atoms with E-state index in [1.54, 1.807) is 0 Å². The number of hydrogen-bond donors (Lipinski definition) is 3. The average Bonchev–Trinajstić information content (AvgIpc) is 2.89. The van der Waals surface area contributed by atoms with Crippen LogP contribution in [0.25, 0.3) is 0 Å². The topological polar surface area (TPSA) is 79.8 Å². The summed E-state index contributed by atoms with van der Waals surface area (Å²) in [6.45, 7) is 16.1. The molecule has 222 valence electrons. The highest BCUT2D eigenvalue weighted by atomic mass is 16.5. The summed E-state index contributed by atoms with van der Waals surface area (Å²) in [5.41, 5.74) is 5.69. The normalized spacial score (nSPS) is 11.7. The lowest BCUT2D eigenvalue weighted by molar-refractivity contribution is -0.136. The lowest BCUT2D eigenvalue weighted by atomic mass is 9.92. The fourth-order valence-electron chi connectivity index (χ4n) is 4.23. The third-order valence-electron chi connectivity index (χ3n) is 6.64. The molecule has 6 nitrogen and oxygen atoms in total. The van der Waals surface area contributed by atoms with Crippen LogP contribution in [0.5, 0.6) is 11.5 Å². The Kier molecular flexibility index (Phi) is 11.5. The third-order valence-corrected chi connectivity index (χ3v) is 6.64.